The maximum absolute atomic E-state index is 13.0. The van der Waals surface area contributed by atoms with Gasteiger partial charge in [0.2, 0.25) is 5.91 Å². The summed E-state index contributed by atoms with van der Waals surface area (Å²) in [5.74, 6) is 3.00. The van der Waals surface area contributed by atoms with Crippen LogP contribution in [-0.4, -0.2) is 56.7 Å². The van der Waals surface area contributed by atoms with Gasteiger partial charge in [0, 0.05) is 38.0 Å². The lowest BCUT2D eigenvalue weighted by Gasteiger charge is -2.25. The molecule has 2 aromatic heterocycles. The standard InChI is InChI=1S/C25H30N6O/c32-25(19-7-4-5-8-19)30-14-6-13-29(15-16-30)23-21-17-26-31(20-9-2-1-3-10-20)24(21)28-22(27-23)18-11-12-18/h1-3,9-10,17-19H,4-8,11-16H2. The minimum Gasteiger partial charge on any atom is -0.354 e. The van der Waals surface area contributed by atoms with Crippen LogP contribution in [0.3, 0.4) is 0 Å². The minimum atomic E-state index is 0.248. The summed E-state index contributed by atoms with van der Waals surface area (Å²) < 4.78 is 1.93. The Hall–Kier alpha value is -2.96. The molecule has 7 nitrogen and oxygen atoms in total. The summed E-state index contributed by atoms with van der Waals surface area (Å²) in [6, 6.07) is 10.2. The Labute approximate surface area is 188 Å². The summed E-state index contributed by atoms with van der Waals surface area (Å²) in [6.07, 6.45) is 9.72. The molecule has 2 aliphatic carbocycles. The Balaban J connectivity index is 1.32. The number of benzene rings is 1. The number of fused-ring (bicyclic) bond motifs is 1. The van der Waals surface area contributed by atoms with Crippen molar-refractivity contribution in [3.63, 3.8) is 0 Å². The van der Waals surface area contributed by atoms with Crippen molar-refractivity contribution < 1.29 is 4.79 Å². The second kappa shape index (κ2) is 8.19. The third-order valence-electron chi connectivity index (χ3n) is 7.18. The third kappa shape index (κ3) is 3.63. The first kappa shape index (κ1) is 19.7. The third-order valence-corrected chi connectivity index (χ3v) is 7.18. The summed E-state index contributed by atoms with van der Waals surface area (Å²) in [7, 11) is 0. The Morgan fingerprint density at radius 2 is 1.69 bits per heavy atom. The highest BCUT2D eigenvalue weighted by Crippen LogP contribution is 2.40. The van der Waals surface area contributed by atoms with Crippen molar-refractivity contribution >= 4 is 22.8 Å². The molecule has 0 radical (unpaired) electrons. The molecule has 0 N–H and O–H groups in total. The van der Waals surface area contributed by atoms with Gasteiger partial charge in [-0.05, 0) is 44.2 Å². The molecule has 0 unspecified atom stereocenters. The SMILES string of the molecule is O=C(C1CCCC1)N1CCCN(c2nc(C3CC3)nc3c2cnn3-c2ccccc2)CC1. The van der Waals surface area contributed by atoms with E-state index in [1.807, 2.05) is 29.1 Å². The van der Waals surface area contributed by atoms with Gasteiger partial charge in [0.1, 0.15) is 11.6 Å². The first-order chi connectivity index (χ1) is 15.8. The summed E-state index contributed by atoms with van der Waals surface area (Å²) >= 11 is 0. The lowest BCUT2D eigenvalue weighted by Crippen LogP contribution is -2.38. The Bertz CT molecular complexity index is 1120. The summed E-state index contributed by atoms with van der Waals surface area (Å²) in [6.45, 7) is 3.33. The van der Waals surface area contributed by atoms with Gasteiger partial charge in [-0.15, -0.1) is 0 Å². The predicted octanol–water partition coefficient (Wildman–Crippen LogP) is 3.92. The zero-order chi connectivity index (χ0) is 21.5. The van der Waals surface area contributed by atoms with Gasteiger partial charge in [-0.2, -0.15) is 5.10 Å². The van der Waals surface area contributed by atoms with E-state index in [9.17, 15) is 4.79 Å². The highest BCUT2D eigenvalue weighted by molar-refractivity contribution is 5.88. The molecule has 32 heavy (non-hydrogen) atoms. The molecule has 3 aromatic rings. The average Bonchev–Trinajstić information content (AvgIpc) is 3.45. The van der Waals surface area contributed by atoms with Gasteiger partial charge in [-0.1, -0.05) is 31.0 Å². The van der Waals surface area contributed by atoms with Crippen LogP contribution in [0.15, 0.2) is 36.5 Å². The van der Waals surface area contributed by atoms with Crippen LogP contribution in [0.5, 0.6) is 0 Å². The van der Waals surface area contributed by atoms with Gasteiger partial charge < -0.3 is 9.80 Å². The monoisotopic (exact) mass is 430 g/mol. The molecule has 1 aliphatic heterocycles. The van der Waals surface area contributed by atoms with E-state index >= 15 is 0 Å². The van der Waals surface area contributed by atoms with Crippen LogP contribution in [0.25, 0.3) is 16.7 Å². The lowest BCUT2D eigenvalue weighted by atomic mass is 10.1. The minimum absolute atomic E-state index is 0.248. The Morgan fingerprint density at radius 3 is 2.47 bits per heavy atom. The molecular formula is C25H30N6O. The van der Waals surface area contributed by atoms with Crippen molar-refractivity contribution in [2.45, 2.75) is 50.9 Å². The summed E-state index contributed by atoms with van der Waals surface area (Å²) in [5.41, 5.74) is 1.89. The first-order valence-corrected chi connectivity index (χ1v) is 12.1. The topological polar surface area (TPSA) is 67.2 Å². The number of hydrogen-bond acceptors (Lipinski definition) is 5. The van der Waals surface area contributed by atoms with Gasteiger partial charge in [-0.3, -0.25) is 4.79 Å². The second-order valence-corrected chi connectivity index (χ2v) is 9.46. The molecule has 1 saturated heterocycles. The van der Waals surface area contributed by atoms with Gasteiger partial charge in [-0.25, -0.2) is 14.6 Å². The summed E-state index contributed by atoms with van der Waals surface area (Å²) in [5, 5.41) is 5.68. The molecule has 6 rings (SSSR count). The van der Waals surface area contributed by atoms with Gasteiger partial charge in [0.15, 0.2) is 5.65 Å². The Kier molecular flexibility index (Phi) is 5.04. The molecule has 3 heterocycles. The smallest absolute Gasteiger partial charge is 0.225 e. The van der Waals surface area contributed by atoms with E-state index in [2.05, 4.69) is 27.0 Å². The number of rotatable bonds is 4. The fourth-order valence-electron chi connectivity index (χ4n) is 5.21. The largest absolute Gasteiger partial charge is 0.354 e. The van der Waals surface area contributed by atoms with Gasteiger partial charge in [0.25, 0.3) is 0 Å². The van der Waals surface area contributed by atoms with Crippen LogP contribution in [0.2, 0.25) is 0 Å². The number of carbonyl (C=O) groups excluding carboxylic acids is 1. The van der Waals surface area contributed by atoms with Crippen LogP contribution in [0.1, 0.15) is 56.7 Å². The molecule has 1 aromatic carbocycles. The maximum atomic E-state index is 13.0. The number of hydrogen-bond donors (Lipinski definition) is 0. The molecule has 3 aliphatic rings. The van der Waals surface area contributed by atoms with E-state index in [1.54, 1.807) is 0 Å². The van der Waals surface area contributed by atoms with Crippen LogP contribution in [-0.2, 0) is 4.79 Å². The van der Waals surface area contributed by atoms with E-state index < -0.39 is 0 Å². The fraction of sp³-hybridized carbons (Fsp3) is 0.520. The van der Waals surface area contributed by atoms with E-state index in [1.165, 1.54) is 12.8 Å². The predicted molar refractivity (Wildman–Crippen MR) is 124 cm³/mol. The number of aromatic nitrogens is 4. The molecular weight excluding hydrogens is 400 g/mol. The quantitative estimate of drug-likeness (QED) is 0.628. The van der Waals surface area contributed by atoms with Crippen molar-refractivity contribution in [2.24, 2.45) is 5.92 Å². The van der Waals surface area contributed by atoms with Crippen molar-refractivity contribution in [2.75, 3.05) is 31.1 Å². The highest BCUT2D eigenvalue weighted by Gasteiger charge is 2.31. The van der Waals surface area contributed by atoms with E-state index in [4.69, 9.17) is 9.97 Å². The number of para-hydroxylation sites is 1. The molecule has 0 spiro atoms. The fourth-order valence-corrected chi connectivity index (χ4v) is 5.21. The van der Waals surface area contributed by atoms with E-state index in [0.29, 0.717) is 11.8 Å². The molecule has 0 bridgehead atoms. The second-order valence-electron chi connectivity index (χ2n) is 9.46. The number of nitrogens with zero attached hydrogens (tertiary/aromatic N) is 6. The Morgan fingerprint density at radius 1 is 0.875 bits per heavy atom. The molecule has 3 fully saturated rings. The zero-order valence-corrected chi connectivity index (χ0v) is 18.5. The molecule has 7 heteroatoms. The normalized spacial score (nSPS) is 20.1. The van der Waals surface area contributed by atoms with E-state index in [0.717, 1.165) is 86.6 Å². The number of anilines is 1. The number of amides is 1. The summed E-state index contributed by atoms with van der Waals surface area (Å²) in [4.78, 5) is 27.4. The lowest BCUT2D eigenvalue weighted by molar-refractivity contribution is -0.135. The maximum Gasteiger partial charge on any atom is 0.225 e. The van der Waals surface area contributed by atoms with Crippen molar-refractivity contribution in [1.82, 2.24) is 24.6 Å². The van der Waals surface area contributed by atoms with Crippen LogP contribution < -0.4 is 4.90 Å². The molecule has 1 amide bonds. The molecule has 2 saturated carbocycles. The van der Waals surface area contributed by atoms with Crippen LogP contribution in [0, 0.1) is 5.92 Å². The average molecular weight is 431 g/mol. The van der Waals surface area contributed by atoms with Crippen LogP contribution >= 0.6 is 0 Å². The van der Waals surface area contributed by atoms with Crippen molar-refractivity contribution in [1.29, 1.82) is 0 Å². The van der Waals surface area contributed by atoms with Gasteiger partial charge >= 0.3 is 0 Å². The zero-order valence-electron chi connectivity index (χ0n) is 18.5. The number of carbonyl (C=O) groups is 1. The van der Waals surface area contributed by atoms with Crippen LogP contribution in [0.4, 0.5) is 5.82 Å². The van der Waals surface area contributed by atoms with Crippen molar-refractivity contribution in [3.05, 3.63) is 42.4 Å². The van der Waals surface area contributed by atoms with Gasteiger partial charge in [0.05, 0.1) is 17.3 Å². The van der Waals surface area contributed by atoms with E-state index in [-0.39, 0.29) is 5.92 Å². The first-order valence-electron chi connectivity index (χ1n) is 12.1. The molecule has 166 valence electrons. The highest BCUT2D eigenvalue weighted by atomic mass is 16.2. The molecule has 0 atom stereocenters. The van der Waals surface area contributed by atoms with Crippen molar-refractivity contribution in [3.8, 4) is 5.69 Å².